The number of anilines is 1. The molecule has 2 rings (SSSR count). The summed E-state index contributed by atoms with van der Waals surface area (Å²) in [6, 6.07) is 3.00. The summed E-state index contributed by atoms with van der Waals surface area (Å²) < 4.78 is 0. The molecule has 0 aliphatic carbocycles. The van der Waals surface area contributed by atoms with Crippen molar-refractivity contribution in [1.82, 2.24) is 19.9 Å². The minimum Gasteiger partial charge on any atom is -0.368 e. The number of hydrogen-bond donors (Lipinski definition) is 2. The third-order valence-electron chi connectivity index (χ3n) is 1.66. The number of nitrogens with zero attached hydrogens (tertiary/aromatic N) is 3. The molecule has 0 unspecified atom stereocenters. The van der Waals surface area contributed by atoms with E-state index in [4.69, 9.17) is 17.3 Å². The predicted molar refractivity (Wildman–Crippen MR) is 55.3 cm³/mol. The second-order valence-corrected chi connectivity index (χ2v) is 3.07. The van der Waals surface area contributed by atoms with Crippen molar-refractivity contribution < 1.29 is 0 Å². The maximum atomic E-state index is 11.0. The lowest BCUT2D eigenvalue weighted by Gasteiger charge is -1.99. The number of rotatable bonds is 1. The number of nitrogens with two attached hydrogens (primary N) is 1. The molecule has 2 aromatic heterocycles. The lowest BCUT2D eigenvalue weighted by Crippen LogP contribution is -2.05. The first kappa shape index (κ1) is 9.60. The van der Waals surface area contributed by atoms with Gasteiger partial charge in [-0.3, -0.25) is 4.79 Å². The normalized spacial score (nSPS) is 10.2. The minimum atomic E-state index is -0.248. The molecule has 15 heavy (non-hydrogen) atoms. The summed E-state index contributed by atoms with van der Waals surface area (Å²) in [6.45, 7) is 0. The molecule has 0 aromatic carbocycles. The van der Waals surface area contributed by atoms with Gasteiger partial charge in [0.1, 0.15) is 0 Å². The summed E-state index contributed by atoms with van der Waals surface area (Å²) in [5.74, 6) is 0.295. The maximum absolute atomic E-state index is 11.0. The summed E-state index contributed by atoms with van der Waals surface area (Å²) in [6.07, 6.45) is 1.49. The first-order valence-electron chi connectivity index (χ1n) is 4.01. The lowest BCUT2D eigenvalue weighted by molar-refractivity contribution is 1.07. The van der Waals surface area contributed by atoms with Gasteiger partial charge in [0.2, 0.25) is 16.8 Å². The van der Waals surface area contributed by atoms with Crippen LogP contribution >= 0.6 is 11.6 Å². The molecule has 2 heterocycles. The van der Waals surface area contributed by atoms with Gasteiger partial charge in [0.15, 0.2) is 5.82 Å². The van der Waals surface area contributed by atoms with Gasteiger partial charge in [-0.1, -0.05) is 0 Å². The monoisotopic (exact) mass is 223 g/mol. The van der Waals surface area contributed by atoms with E-state index in [1.165, 1.54) is 12.3 Å². The van der Waals surface area contributed by atoms with Crippen molar-refractivity contribution in [3.63, 3.8) is 0 Å². The Labute approximate surface area is 89.2 Å². The molecule has 3 N–H and O–H groups in total. The Kier molecular flexibility index (Phi) is 2.34. The van der Waals surface area contributed by atoms with Gasteiger partial charge in [-0.05, 0) is 17.7 Å². The van der Waals surface area contributed by atoms with Crippen LogP contribution in [0.3, 0.4) is 0 Å². The molecule has 0 bridgehead atoms. The van der Waals surface area contributed by atoms with E-state index in [1.54, 1.807) is 6.07 Å². The maximum Gasteiger partial charge on any atom is 0.248 e. The molecule has 0 saturated carbocycles. The summed E-state index contributed by atoms with van der Waals surface area (Å²) >= 11 is 5.61. The zero-order valence-corrected chi connectivity index (χ0v) is 8.19. The average molecular weight is 224 g/mol. The van der Waals surface area contributed by atoms with E-state index >= 15 is 0 Å². The van der Waals surface area contributed by atoms with Crippen LogP contribution in [0.2, 0.25) is 5.28 Å². The quantitative estimate of drug-likeness (QED) is 0.732. The summed E-state index contributed by atoms with van der Waals surface area (Å²) in [5, 5.41) is -0.00205. The molecule has 76 valence electrons. The highest BCUT2D eigenvalue weighted by atomic mass is 35.5. The molecule has 2 aromatic rings. The lowest BCUT2D eigenvalue weighted by atomic mass is 10.2. The Balaban J connectivity index is 2.58. The molecule has 0 saturated heterocycles. The molecule has 0 amide bonds. The Morgan fingerprint density at radius 2 is 2.13 bits per heavy atom. The Morgan fingerprint density at radius 3 is 2.80 bits per heavy atom. The highest BCUT2D eigenvalue weighted by Crippen LogP contribution is 2.14. The van der Waals surface area contributed by atoms with E-state index in [2.05, 4.69) is 19.9 Å². The standard InChI is InChI=1S/C8H6ClN5O/c9-7-12-6(13-8(10)14-7)4-1-2-11-5(15)3-4/h1-3H,(H,11,15)(H2,10,12,13,14). The van der Waals surface area contributed by atoms with Crippen LogP contribution in [0, 0.1) is 0 Å². The predicted octanol–water partition coefficient (Wildman–Crippen LogP) is 0.462. The molecule has 0 aliphatic heterocycles. The summed E-state index contributed by atoms with van der Waals surface area (Å²) in [7, 11) is 0. The molecule has 0 fully saturated rings. The third-order valence-corrected chi connectivity index (χ3v) is 1.83. The van der Waals surface area contributed by atoms with Crippen molar-refractivity contribution in [3.8, 4) is 11.4 Å². The van der Waals surface area contributed by atoms with Crippen LogP contribution in [0.15, 0.2) is 23.1 Å². The van der Waals surface area contributed by atoms with E-state index in [0.29, 0.717) is 5.56 Å². The van der Waals surface area contributed by atoms with Gasteiger partial charge in [-0.2, -0.15) is 15.0 Å². The number of aromatic amines is 1. The molecule has 0 atom stereocenters. The fourth-order valence-corrected chi connectivity index (χ4v) is 1.24. The molecule has 6 nitrogen and oxygen atoms in total. The number of hydrogen-bond acceptors (Lipinski definition) is 5. The number of halogens is 1. The highest BCUT2D eigenvalue weighted by molar-refractivity contribution is 6.28. The SMILES string of the molecule is Nc1nc(Cl)nc(-c2cc[nH]c(=O)c2)n1. The fourth-order valence-electron chi connectivity index (χ4n) is 1.08. The summed E-state index contributed by atoms with van der Waals surface area (Å²) in [4.78, 5) is 24.9. The molecule has 0 spiro atoms. The van der Waals surface area contributed by atoms with Gasteiger partial charge < -0.3 is 10.7 Å². The number of H-pyrrole nitrogens is 1. The largest absolute Gasteiger partial charge is 0.368 e. The van der Waals surface area contributed by atoms with Gasteiger partial charge in [0, 0.05) is 17.8 Å². The van der Waals surface area contributed by atoms with Crippen LogP contribution in [0.1, 0.15) is 0 Å². The summed E-state index contributed by atoms with van der Waals surface area (Å²) in [5.41, 5.74) is 5.69. The van der Waals surface area contributed by atoms with Crippen LogP contribution in [0.4, 0.5) is 5.95 Å². The molecule has 7 heteroatoms. The van der Waals surface area contributed by atoms with Crippen molar-refractivity contribution in [1.29, 1.82) is 0 Å². The van der Waals surface area contributed by atoms with Gasteiger partial charge in [0.25, 0.3) is 0 Å². The zero-order valence-electron chi connectivity index (χ0n) is 7.44. The molecule has 0 radical (unpaired) electrons. The number of nitrogens with one attached hydrogen (secondary N) is 1. The van der Waals surface area contributed by atoms with Crippen molar-refractivity contribution in [3.05, 3.63) is 34.0 Å². The molecular formula is C8H6ClN5O. The van der Waals surface area contributed by atoms with Crippen molar-refractivity contribution in [2.45, 2.75) is 0 Å². The zero-order chi connectivity index (χ0) is 10.8. The topological polar surface area (TPSA) is 97.5 Å². The third kappa shape index (κ3) is 2.10. The fraction of sp³-hybridized carbons (Fsp3) is 0. The Morgan fingerprint density at radius 1 is 1.33 bits per heavy atom. The Hall–Kier alpha value is -1.95. The first-order chi connectivity index (χ1) is 7.15. The first-order valence-corrected chi connectivity index (χ1v) is 4.39. The second kappa shape index (κ2) is 3.66. The highest BCUT2D eigenvalue weighted by Gasteiger charge is 2.05. The molecular weight excluding hydrogens is 218 g/mol. The van der Waals surface area contributed by atoms with Gasteiger partial charge >= 0.3 is 0 Å². The van der Waals surface area contributed by atoms with Crippen molar-refractivity contribution >= 4 is 17.5 Å². The van der Waals surface area contributed by atoms with E-state index in [9.17, 15) is 4.79 Å². The average Bonchev–Trinajstić information content (AvgIpc) is 2.16. The number of pyridine rings is 1. The van der Waals surface area contributed by atoms with E-state index in [-0.39, 0.29) is 22.6 Å². The van der Waals surface area contributed by atoms with Gasteiger partial charge in [0.05, 0.1) is 0 Å². The number of nitrogen functional groups attached to an aromatic ring is 1. The Bertz CT molecular complexity index is 532. The van der Waals surface area contributed by atoms with Crippen LogP contribution in [0.5, 0.6) is 0 Å². The van der Waals surface area contributed by atoms with E-state index < -0.39 is 0 Å². The van der Waals surface area contributed by atoms with Crippen LogP contribution < -0.4 is 11.3 Å². The van der Waals surface area contributed by atoms with Crippen LogP contribution in [-0.4, -0.2) is 19.9 Å². The second-order valence-electron chi connectivity index (χ2n) is 2.73. The smallest absolute Gasteiger partial charge is 0.248 e. The number of aromatic nitrogens is 4. The van der Waals surface area contributed by atoms with E-state index in [1.807, 2.05) is 0 Å². The van der Waals surface area contributed by atoms with Crippen LogP contribution in [-0.2, 0) is 0 Å². The van der Waals surface area contributed by atoms with Crippen LogP contribution in [0.25, 0.3) is 11.4 Å². The van der Waals surface area contributed by atoms with E-state index in [0.717, 1.165) is 0 Å². The van der Waals surface area contributed by atoms with Crippen molar-refractivity contribution in [2.75, 3.05) is 5.73 Å². The minimum absolute atomic E-state index is 0.00205. The molecule has 0 aliphatic rings. The van der Waals surface area contributed by atoms with Gasteiger partial charge in [-0.15, -0.1) is 0 Å². The van der Waals surface area contributed by atoms with Gasteiger partial charge in [-0.25, -0.2) is 0 Å². The van der Waals surface area contributed by atoms with Crippen molar-refractivity contribution in [2.24, 2.45) is 0 Å².